The summed E-state index contributed by atoms with van der Waals surface area (Å²) in [5.74, 6) is -0.0631. The van der Waals surface area contributed by atoms with Gasteiger partial charge < -0.3 is 0 Å². The molecule has 0 bridgehead atoms. The molecule has 1 aromatic carbocycles. The second-order valence-electron chi connectivity index (χ2n) is 4.56. The fourth-order valence-electron chi connectivity index (χ4n) is 1.63. The average molecular weight is 275 g/mol. The maximum absolute atomic E-state index is 12.0. The van der Waals surface area contributed by atoms with E-state index in [4.69, 9.17) is 11.6 Å². The molecule has 0 saturated heterocycles. The Balaban J connectivity index is 2.12. The zero-order chi connectivity index (χ0) is 13.8. The van der Waals surface area contributed by atoms with Gasteiger partial charge in [-0.2, -0.15) is 5.10 Å². The second kappa shape index (κ2) is 5.85. The molecule has 0 saturated carbocycles. The van der Waals surface area contributed by atoms with Crippen LogP contribution in [0.3, 0.4) is 0 Å². The number of hydrogen-bond acceptors (Lipinski definition) is 2. The molecule has 0 amide bonds. The fraction of sp³-hybridized carbons (Fsp3) is 0.200. The van der Waals surface area contributed by atoms with Crippen molar-refractivity contribution in [1.82, 2.24) is 9.78 Å². The smallest absolute Gasteiger partial charge is 0.189 e. The highest BCUT2D eigenvalue weighted by Crippen LogP contribution is 2.13. The van der Waals surface area contributed by atoms with Crippen molar-refractivity contribution in [2.75, 3.05) is 0 Å². The third-order valence-electron chi connectivity index (χ3n) is 2.69. The molecule has 4 heteroatoms. The standard InChI is InChI=1S/C15H15ClN2O/c1-11(2)18-10-13(9-17-18)15(19)7-6-12-4-3-5-14(16)8-12/h3-11H,1-2H3/b7-6+. The van der Waals surface area contributed by atoms with Gasteiger partial charge >= 0.3 is 0 Å². The molecular weight excluding hydrogens is 260 g/mol. The van der Waals surface area contributed by atoms with Crippen molar-refractivity contribution in [3.05, 3.63) is 58.9 Å². The number of halogens is 1. The maximum Gasteiger partial charge on any atom is 0.189 e. The van der Waals surface area contributed by atoms with Crippen molar-refractivity contribution in [1.29, 1.82) is 0 Å². The number of nitrogens with zero attached hydrogens (tertiary/aromatic N) is 2. The normalized spacial score (nSPS) is 11.4. The lowest BCUT2D eigenvalue weighted by molar-refractivity contribution is 0.104. The molecule has 19 heavy (non-hydrogen) atoms. The Morgan fingerprint density at radius 1 is 1.42 bits per heavy atom. The number of allylic oxidation sites excluding steroid dienone is 1. The largest absolute Gasteiger partial charge is 0.289 e. The average Bonchev–Trinajstić information content (AvgIpc) is 2.86. The molecule has 0 aliphatic rings. The van der Waals surface area contributed by atoms with Crippen molar-refractivity contribution in [2.45, 2.75) is 19.9 Å². The third-order valence-corrected chi connectivity index (χ3v) is 2.93. The van der Waals surface area contributed by atoms with E-state index in [1.54, 1.807) is 29.2 Å². The Morgan fingerprint density at radius 2 is 2.21 bits per heavy atom. The predicted octanol–water partition coefficient (Wildman–Crippen LogP) is 4.01. The van der Waals surface area contributed by atoms with E-state index in [-0.39, 0.29) is 11.8 Å². The van der Waals surface area contributed by atoms with E-state index in [0.717, 1.165) is 5.56 Å². The highest BCUT2D eigenvalue weighted by Gasteiger charge is 2.06. The molecule has 0 aliphatic carbocycles. The van der Waals surface area contributed by atoms with Crippen LogP contribution in [0.15, 0.2) is 42.7 Å². The van der Waals surface area contributed by atoms with Crippen LogP contribution in [0.5, 0.6) is 0 Å². The molecule has 0 N–H and O–H groups in total. The third kappa shape index (κ3) is 3.55. The van der Waals surface area contributed by atoms with Gasteiger partial charge in [0.05, 0.1) is 11.8 Å². The Hall–Kier alpha value is -1.87. The van der Waals surface area contributed by atoms with Crippen LogP contribution in [0.25, 0.3) is 6.08 Å². The van der Waals surface area contributed by atoms with Crippen LogP contribution in [-0.4, -0.2) is 15.6 Å². The summed E-state index contributed by atoms with van der Waals surface area (Å²) in [5.41, 5.74) is 1.49. The van der Waals surface area contributed by atoms with Gasteiger partial charge in [0.15, 0.2) is 5.78 Å². The van der Waals surface area contributed by atoms with Gasteiger partial charge in [-0.1, -0.05) is 29.8 Å². The van der Waals surface area contributed by atoms with Crippen LogP contribution < -0.4 is 0 Å². The molecule has 2 aromatic rings. The topological polar surface area (TPSA) is 34.9 Å². The van der Waals surface area contributed by atoms with E-state index in [1.807, 2.05) is 32.0 Å². The minimum absolute atomic E-state index is 0.0631. The van der Waals surface area contributed by atoms with Crippen LogP contribution in [0.2, 0.25) is 5.02 Å². The molecule has 0 fully saturated rings. The Kier molecular flexibility index (Phi) is 4.17. The Bertz CT molecular complexity index is 614. The van der Waals surface area contributed by atoms with Gasteiger partial charge in [0, 0.05) is 17.3 Å². The summed E-state index contributed by atoms with van der Waals surface area (Å²) in [6.07, 6.45) is 6.63. The summed E-state index contributed by atoms with van der Waals surface area (Å²) in [5, 5.41) is 4.80. The minimum atomic E-state index is -0.0631. The molecule has 1 aromatic heterocycles. The Labute approximate surface area is 117 Å². The fourth-order valence-corrected chi connectivity index (χ4v) is 1.82. The van der Waals surface area contributed by atoms with Gasteiger partial charge in [-0.15, -0.1) is 0 Å². The molecule has 0 spiro atoms. The Morgan fingerprint density at radius 3 is 2.84 bits per heavy atom. The molecule has 0 aliphatic heterocycles. The van der Waals surface area contributed by atoms with Gasteiger partial charge in [0.2, 0.25) is 0 Å². The summed E-state index contributed by atoms with van der Waals surface area (Å²) >= 11 is 5.88. The minimum Gasteiger partial charge on any atom is -0.289 e. The number of rotatable bonds is 4. The molecule has 0 atom stereocenters. The lowest BCUT2D eigenvalue weighted by Gasteiger charge is -2.02. The molecule has 0 unspecified atom stereocenters. The molecule has 3 nitrogen and oxygen atoms in total. The molecule has 0 radical (unpaired) electrons. The first kappa shape index (κ1) is 13.6. The van der Waals surface area contributed by atoms with Crippen molar-refractivity contribution < 1.29 is 4.79 Å². The van der Waals surface area contributed by atoms with Crippen LogP contribution >= 0.6 is 11.6 Å². The van der Waals surface area contributed by atoms with Crippen molar-refractivity contribution in [2.24, 2.45) is 0 Å². The van der Waals surface area contributed by atoms with Gasteiger partial charge in [0.25, 0.3) is 0 Å². The van der Waals surface area contributed by atoms with Crippen molar-refractivity contribution >= 4 is 23.5 Å². The van der Waals surface area contributed by atoms with Crippen molar-refractivity contribution in [3.63, 3.8) is 0 Å². The first-order chi connectivity index (χ1) is 9.06. The van der Waals surface area contributed by atoms with Gasteiger partial charge in [-0.05, 0) is 37.6 Å². The lowest BCUT2D eigenvalue weighted by Crippen LogP contribution is -2.00. The number of aromatic nitrogens is 2. The zero-order valence-corrected chi connectivity index (χ0v) is 11.6. The first-order valence-corrected chi connectivity index (χ1v) is 6.46. The van der Waals surface area contributed by atoms with Gasteiger partial charge in [0.1, 0.15) is 0 Å². The van der Waals surface area contributed by atoms with Crippen LogP contribution in [0.1, 0.15) is 35.8 Å². The predicted molar refractivity (Wildman–Crippen MR) is 77.4 cm³/mol. The van der Waals surface area contributed by atoms with E-state index in [0.29, 0.717) is 10.6 Å². The van der Waals surface area contributed by atoms with E-state index >= 15 is 0 Å². The summed E-state index contributed by atoms with van der Waals surface area (Å²) in [4.78, 5) is 12.0. The molecule has 98 valence electrons. The van der Waals surface area contributed by atoms with E-state index in [1.165, 1.54) is 6.08 Å². The lowest BCUT2D eigenvalue weighted by atomic mass is 10.1. The SMILES string of the molecule is CC(C)n1cc(C(=O)/C=C/c2cccc(Cl)c2)cn1. The van der Waals surface area contributed by atoms with Crippen LogP contribution in [-0.2, 0) is 0 Å². The number of carbonyl (C=O) groups excluding carboxylic acids is 1. The van der Waals surface area contributed by atoms with Crippen LogP contribution in [0, 0.1) is 0 Å². The first-order valence-electron chi connectivity index (χ1n) is 6.08. The summed E-state index contributed by atoms with van der Waals surface area (Å²) < 4.78 is 1.76. The van der Waals surface area contributed by atoms with Gasteiger partial charge in [-0.25, -0.2) is 0 Å². The van der Waals surface area contributed by atoms with E-state index < -0.39 is 0 Å². The summed E-state index contributed by atoms with van der Waals surface area (Å²) in [6, 6.07) is 7.60. The highest BCUT2D eigenvalue weighted by molar-refractivity contribution is 6.30. The number of benzene rings is 1. The molecule has 2 rings (SSSR count). The van der Waals surface area contributed by atoms with Crippen LogP contribution in [0.4, 0.5) is 0 Å². The van der Waals surface area contributed by atoms with Gasteiger partial charge in [-0.3, -0.25) is 9.48 Å². The van der Waals surface area contributed by atoms with E-state index in [2.05, 4.69) is 5.10 Å². The van der Waals surface area contributed by atoms with Crippen molar-refractivity contribution in [3.8, 4) is 0 Å². The molecular formula is C15H15ClN2O. The number of hydrogen-bond donors (Lipinski definition) is 0. The number of ketones is 1. The van der Waals surface area contributed by atoms with E-state index in [9.17, 15) is 4.79 Å². The summed E-state index contributed by atoms with van der Waals surface area (Å²) in [6.45, 7) is 4.03. The monoisotopic (exact) mass is 274 g/mol. The second-order valence-corrected chi connectivity index (χ2v) is 4.99. The summed E-state index contributed by atoms with van der Waals surface area (Å²) in [7, 11) is 0. The highest BCUT2D eigenvalue weighted by atomic mass is 35.5. The zero-order valence-electron chi connectivity index (χ0n) is 10.9. The molecule has 1 heterocycles. The number of carbonyl (C=O) groups is 1. The quantitative estimate of drug-likeness (QED) is 0.624. The maximum atomic E-state index is 12.0.